The Morgan fingerprint density at radius 2 is 2.04 bits per heavy atom. The number of aromatic nitrogens is 1. The van der Waals surface area contributed by atoms with Crippen LogP contribution in [0.15, 0.2) is 24.4 Å². The molecule has 1 saturated heterocycles. The molecule has 0 aliphatic carbocycles. The number of hydrogen-bond acceptors (Lipinski definition) is 5. The van der Waals surface area contributed by atoms with Crippen LogP contribution in [0.1, 0.15) is 56.4 Å². The van der Waals surface area contributed by atoms with Crippen LogP contribution in [0.5, 0.6) is 0 Å². The highest BCUT2D eigenvalue weighted by Crippen LogP contribution is 2.31. The Morgan fingerprint density at radius 3 is 2.64 bits per heavy atom. The first kappa shape index (κ1) is 17.6. The van der Waals surface area contributed by atoms with Gasteiger partial charge >= 0.3 is 5.97 Å². The van der Waals surface area contributed by atoms with Crippen LogP contribution in [0.2, 0.25) is 0 Å². The number of hydrogen-bond donors (Lipinski definition) is 2. The van der Waals surface area contributed by atoms with Gasteiger partial charge in [-0.1, -0.05) is 29.3 Å². The molecule has 2 N–H and O–H groups in total. The maximum atomic E-state index is 12.5. The molecule has 1 fully saturated rings. The number of aliphatic carboxylic acids is 1. The van der Waals surface area contributed by atoms with Crippen LogP contribution in [-0.4, -0.2) is 28.6 Å². The number of rotatable bonds is 5. The minimum atomic E-state index is -1.10. The number of carboxylic acid groups (broad SMARTS) is 1. The molecule has 0 radical (unpaired) electrons. The lowest BCUT2D eigenvalue weighted by atomic mass is 10.0. The third-order valence-corrected chi connectivity index (χ3v) is 5.14. The van der Waals surface area contributed by atoms with Crippen molar-refractivity contribution < 1.29 is 19.4 Å². The second-order valence-corrected chi connectivity index (χ2v) is 7.29. The van der Waals surface area contributed by atoms with Gasteiger partial charge in [-0.3, -0.25) is 4.79 Å². The van der Waals surface area contributed by atoms with Crippen LogP contribution in [0.3, 0.4) is 0 Å². The van der Waals surface area contributed by atoms with Crippen molar-refractivity contribution in [3.63, 3.8) is 0 Å². The van der Waals surface area contributed by atoms with E-state index in [0.717, 1.165) is 29.0 Å². The number of carboxylic acids is 1. The van der Waals surface area contributed by atoms with Crippen molar-refractivity contribution in [2.45, 2.75) is 38.8 Å². The molecular weight excluding hydrogens is 340 g/mol. The zero-order chi connectivity index (χ0) is 18.0. The predicted molar refractivity (Wildman–Crippen MR) is 93.8 cm³/mol. The second-order valence-electron chi connectivity index (χ2n) is 6.23. The molecule has 2 unspecified atom stereocenters. The van der Waals surface area contributed by atoms with Crippen LogP contribution in [0.4, 0.5) is 0 Å². The van der Waals surface area contributed by atoms with E-state index in [2.05, 4.69) is 10.3 Å². The van der Waals surface area contributed by atoms with Gasteiger partial charge in [-0.2, -0.15) is 0 Å². The summed E-state index contributed by atoms with van der Waals surface area (Å²) in [6.45, 7) is 4.50. The number of nitrogens with zero attached hydrogens (tertiary/aromatic N) is 1. The molecule has 132 valence electrons. The predicted octanol–water partition coefficient (Wildman–Crippen LogP) is 3.17. The lowest BCUT2D eigenvalue weighted by Crippen LogP contribution is -2.33. The summed E-state index contributed by atoms with van der Waals surface area (Å²) in [5.74, 6) is -1.53. The normalized spacial score (nSPS) is 18.1. The lowest BCUT2D eigenvalue weighted by Gasteiger charge is -2.15. The highest BCUT2D eigenvalue weighted by Gasteiger charge is 2.26. The topological polar surface area (TPSA) is 88.5 Å². The summed E-state index contributed by atoms with van der Waals surface area (Å²) in [6, 6.07) is 4.41. The Hall–Kier alpha value is -2.25. The number of thiazole rings is 1. The number of aryl methyl sites for hydroxylation is 2. The Kier molecular flexibility index (Phi) is 5.15. The molecule has 3 rings (SSSR count). The van der Waals surface area contributed by atoms with E-state index in [1.165, 1.54) is 17.5 Å². The Labute approximate surface area is 149 Å². The molecule has 1 amide bonds. The van der Waals surface area contributed by atoms with Crippen molar-refractivity contribution >= 4 is 23.2 Å². The van der Waals surface area contributed by atoms with Gasteiger partial charge in [0.2, 0.25) is 0 Å². The van der Waals surface area contributed by atoms with Crippen molar-refractivity contribution in [1.29, 1.82) is 0 Å². The number of benzene rings is 1. The maximum absolute atomic E-state index is 12.5. The van der Waals surface area contributed by atoms with E-state index < -0.39 is 17.9 Å². The van der Waals surface area contributed by atoms with Gasteiger partial charge in [-0.05, 0) is 32.3 Å². The molecule has 25 heavy (non-hydrogen) atoms. The molecule has 0 saturated carbocycles. The molecule has 1 aliphatic rings. The minimum absolute atomic E-state index is 0.0544. The first-order chi connectivity index (χ1) is 11.9. The lowest BCUT2D eigenvalue weighted by molar-refractivity contribution is -0.139. The van der Waals surface area contributed by atoms with Gasteiger partial charge in [0.15, 0.2) is 6.04 Å². The van der Waals surface area contributed by atoms with Crippen molar-refractivity contribution in [3.8, 4) is 0 Å². The summed E-state index contributed by atoms with van der Waals surface area (Å²) in [5.41, 5.74) is 2.46. The number of ether oxygens (including phenoxy) is 1. The monoisotopic (exact) mass is 360 g/mol. The quantitative estimate of drug-likeness (QED) is 0.855. The third-order valence-electron chi connectivity index (χ3n) is 4.05. The fourth-order valence-electron chi connectivity index (χ4n) is 2.98. The Morgan fingerprint density at radius 1 is 1.32 bits per heavy atom. The maximum Gasteiger partial charge on any atom is 0.330 e. The number of nitrogens with one attached hydrogen (secondary N) is 1. The van der Waals surface area contributed by atoms with Gasteiger partial charge in [-0.15, -0.1) is 11.3 Å². The minimum Gasteiger partial charge on any atom is -0.479 e. The number of carbonyl (C=O) groups is 2. The van der Waals surface area contributed by atoms with Gasteiger partial charge in [0.05, 0.1) is 6.20 Å². The van der Waals surface area contributed by atoms with E-state index in [1.54, 1.807) is 12.1 Å². The SMILES string of the molecule is Cc1cc(C)cc(C(NC(=O)c2cnc(C3CCCO3)s2)C(=O)O)c1. The summed E-state index contributed by atoms with van der Waals surface area (Å²) in [6.07, 6.45) is 3.31. The van der Waals surface area contributed by atoms with Crippen molar-refractivity contribution in [2.24, 2.45) is 0 Å². The first-order valence-corrected chi connectivity index (χ1v) is 8.95. The Balaban J connectivity index is 1.78. The number of carbonyl (C=O) groups excluding carboxylic acids is 1. The van der Waals surface area contributed by atoms with Gasteiger partial charge in [0.1, 0.15) is 16.0 Å². The van der Waals surface area contributed by atoms with E-state index in [-0.39, 0.29) is 6.10 Å². The third kappa shape index (κ3) is 4.05. The molecule has 0 bridgehead atoms. The highest BCUT2D eigenvalue weighted by atomic mass is 32.1. The van der Waals surface area contributed by atoms with Crippen LogP contribution >= 0.6 is 11.3 Å². The average Bonchev–Trinajstić information content (AvgIpc) is 3.21. The average molecular weight is 360 g/mol. The largest absolute Gasteiger partial charge is 0.479 e. The van der Waals surface area contributed by atoms with E-state index >= 15 is 0 Å². The first-order valence-electron chi connectivity index (χ1n) is 8.13. The molecule has 6 nitrogen and oxygen atoms in total. The molecule has 2 atom stereocenters. The molecule has 2 aromatic rings. The fraction of sp³-hybridized carbons (Fsp3) is 0.389. The van der Waals surface area contributed by atoms with Crippen molar-refractivity contribution in [3.05, 3.63) is 51.0 Å². The second kappa shape index (κ2) is 7.33. The summed E-state index contributed by atoms with van der Waals surface area (Å²) >= 11 is 1.25. The van der Waals surface area contributed by atoms with Crippen LogP contribution in [0.25, 0.3) is 0 Å². The standard InChI is InChI=1S/C18H20N2O4S/c1-10-6-11(2)8-12(7-10)15(18(22)23)20-16(21)14-9-19-17(25-14)13-4-3-5-24-13/h6-9,13,15H,3-5H2,1-2H3,(H,20,21)(H,22,23). The summed E-state index contributed by atoms with van der Waals surface area (Å²) < 4.78 is 5.57. The van der Waals surface area contributed by atoms with Crippen LogP contribution in [-0.2, 0) is 9.53 Å². The highest BCUT2D eigenvalue weighted by molar-refractivity contribution is 7.13. The van der Waals surface area contributed by atoms with Crippen LogP contribution < -0.4 is 5.32 Å². The fourth-order valence-corrected chi connectivity index (χ4v) is 3.89. The van der Waals surface area contributed by atoms with E-state index in [1.807, 2.05) is 19.9 Å². The molecule has 2 heterocycles. The molecular formula is C18H20N2O4S. The van der Waals surface area contributed by atoms with E-state index in [0.29, 0.717) is 17.0 Å². The van der Waals surface area contributed by atoms with Crippen LogP contribution in [0, 0.1) is 13.8 Å². The van der Waals surface area contributed by atoms with Gasteiger partial charge in [-0.25, -0.2) is 9.78 Å². The molecule has 1 aromatic heterocycles. The van der Waals surface area contributed by atoms with E-state index in [9.17, 15) is 14.7 Å². The zero-order valence-electron chi connectivity index (χ0n) is 14.1. The van der Waals surface area contributed by atoms with Gasteiger partial charge in [0.25, 0.3) is 5.91 Å². The summed E-state index contributed by atoms with van der Waals surface area (Å²) in [5, 5.41) is 12.9. The van der Waals surface area contributed by atoms with Gasteiger partial charge in [0, 0.05) is 6.61 Å². The molecule has 7 heteroatoms. The van der Waals surface area contributed by atoms with Crippen molar-refractivity contribution in [2.75, 3.05) is 6.61 Å². The Bertz CT molecular complexity index is 776. The smallest absolute Gasteiger partial charge is 0.330 e. The zero-order valence-corrected chi connectivity index (χ0v) is 14.9. The van der Waals surface area contributed by atoms with Gasteiger partial charge < -0.3 is 15.2 Å². The number of amides is 1. The molecule has 1 aromatic carbocycles. The molecule has 1 aliphatic heterocycles. The summed E-state index contributed by atoms with van der Waals surface area (Å²) in [7, 11) is 0. The van der Waals surface area contributed by atoms with Crippen molar-refractivity contribution in [1.82, 2.24) is 10.3 Å². The van der Waals surface area contributed by atoms with E-state index in [4.69, 9.17) is 4.74 Å². The molecule has 0 spiro atoms. The summed E-state index contributed by atoms with van der Waals surface area (Å²) in [4.78, 5) is 28.8.